The third-order valence-electron chi connectivity index (χ3n) is 4.59. The van der Waals surface area contributed by atoms with Crippen LogP contribution >= 0.6 is 11.6 Å². The van der Waals surface area contributed by atoms with Gasteiger partial charge in [-0.25, -0.2) is 10.1 Å². The molecule has 2 atom stereocenters. The number of hydrogen-bond donors (Lipinski definition) is 5. The summed E-state index contributed by atoms with van der Waals surface area (Å²) >= 11 is 5.90. The molecule has 0 aliphatic rings. The summed E-state index contributed by atoms with van der Waals surface area (Å²) < 4.78 is 0. The van der Waals surface area contributed by atoms with E-state index in [1.807, 2.05) is 0 Å². The molecule has 0 radical (unpaired) electrons. The smallest absolute Gasteiger partial charge is 0.251 e. The number of carbonyl (C=O) groups is 2. The van der Waals surface area contributed by atoms with Gasteiger partial charge in [-0.05, 0) is 49.8 Å². The number of benzene rings is 1. The van der Waals surface area contributed by atoms with E-state index in [9.17, 15) is 19.7 Å². The van der Waals surface area contributed by atoms with E-state index in [4.69, 9.17) is 17.0 Å². The topological polar surface area (TPSA) is 149 Å². The number of hydrazine groups is 1. The SMILES string of the molecule is CC(C)CCNC(=O)[C@H](CCCNC(=N)N[N+](=O)[O-])NC(=O)[C@@H](C)c1ccc(Cl)cc1. The maximum Gasteiger partial charge on any atom is 0.251 e. The van der Waals surface area contributed by atoms with Crippen molar-refractivity contribution in [1.82, 2.24) is 21.4 Å². The Bertz CT molecular complexity index is 757. The van der Waals surface area contributed by atoms with Gasteiger partial charge in [0.25, 0.3) is 5.96 Å². The third kappa shape index (κ3) is 10.6. The Morgan fingerprint density at radius 3 is 2.29 bits per heavy atom. The van der Waals surface area contributed by atoms with Crippen molar-refractivity contribution in [3.63, 3.8) is 0 Å². The number of amides is 2. The lowest BCUT2D eigenvalue weighted by atomic mass is 9.99. The predicted molar refractivity (Wildman–Crippen MR) is 119 cm³/mol. The Balaban J connectivity index is 2.68. The Morgan fingerprint density at radius 2 is 1.71 bits per heavy atom. The van der Waals surface area contributed by atoms with Crippen LogP contribution in [0.5, 0.6) is 0 Å². The minimum absolute atomic E-state index is 0.234. The van der Waals surface area contributed by atoms with E-state index in [-0.39, 0.29) is 18.4 Å². The zero-order valence-electron chi connectivity index (χ0n) is 18.0. The normalized spacial score (nSPS) is 12.5. The molecule has 31 heavy (non-hydrogen) atoms. The monoisotopic (exact) mass is 454 g/mol. The molecule has 0 aromatic heterocycles. The van der Waals surface area contributed by atoms with Crippen LogP contribution in [0.25, 0.3) is 0 Å². The summed E-state index contributed by atoms with van der Waals surface area (Å²) in [6.45, 7) is 6.60. The number of guanidine groups is 1. The van der Waals surface area contributed by atoms with E-state index in [1.54, 1.807) is 36.6 Å². The first-order valence-electron chi connectivity index (χ1n) is 10.2. The first kappa shape index (κ1) is 26.2. The van der Waals surface area contributed by atoms with Gasteiger partial charge in [0.1, 0.15) is 6.04 Å². The fourth-order valence-electron chi connectivity index (χ4n) is 2.73. The zero-order valence-corrected chi connectivity index (χ0v) is 18.8. The van der Waals surface area contributed by atoms with E-state index >= 15 is 0 Å². The lowest BCUT2D eigenvalue weighted by Crippen LogP contribution is -2.48. The van der Waals surface area contributed by atoms with Gasteiger partial charge in [-0.2, -0.15) is 0 Å². The molecule has 2 amide bonds. The summed E-state index contributed by atoms with van der Waals surface area (Å²) in [5.41, 5.74) is 2.48. The highest BCUT2D eigenvalue weighted by Crippen LogP contribution is 2.18. The fraction of sp³-hybridized carbons (Fsp3) is 0.550. The van der Waals surface area contributed by atoms with Gasteiger partial charge in [-0.15, -0.1) is 0 Å². The quantitative estimate of drug-likeness (QED) is 0.107. The van der Waals surface area contributed by atoms with Crippen LogP contribution in [0, 0.1) is 21.4 Å². The molecule has 0 saturated heterocycles. The molecule has 0 fully saturated rings. The number of nitrogens with one attached hydrogen (secondary N) is 5. The summed E-state index contributed by atoms with van der Waals surface area (Å²) in [7, 11) is 0. The molecule has 0 unspecified atom stereocenters. The summed E-state index contributed by atoms with van der Waals surface area (Å²) in [6, 6.07) is 6.19. The molecular formula is C20H31ClN6O4. The Kier molecular flexibility index (Phi) is 11.3. The van der Waals surface area contributed by atoms with Crippen molar-refractivity contribution in [2.75, 3.05) is 13.1 Å². The summed E-state index contributed by atoms with van der Waals surface area (Å²) in [5, 5.41) is 25.6. The maximum atomic E-state index is 12.7. The van der Waals surface area contributed by atoms with Gasteiger partial charge in [0.05, 0.1) is 5.92 Å². The highest BCUT2D eigenvalue weighted by molar-refractivity contribution is 6.30. The highest BCUT2D eigenvalue weighted by atomic mass is 35.5. The number of nitrogens with zero attached hydrogens (tertiary/aromatic N) is 1. The van der Waals surface area contributed by atoms with Gasteiger partial charge < -0.3 is 16.0 Å². The Labute approximate surface area is 187 Å². The molecular weight excluding hydrogens is 424 g/mol. The second kappa shape index (κ2) is 13.4. The van der Waals surface area contributed by atoms with E-state index in [1.165, 1.54) is 0 Å². The molecule has 172 valence electrons. The van der Waals surface area contributed by atoms with Gasteiger partial charge in [0.2, 0.25) is 11.8 Å². The number of hydrogen-bond acceptors (Lipinski definition) is 5. The van der Waals surface area contributed by atoms with E-state index in [0.717, 1.165) is 12.0 Å². The number of halogens is 1. The number of nitro groups is 1. The van der Waals surface area contributed by atoms with Gasteiger partial charge in [-0.1, -0.05) is 43.0 Å². The first-order chi connectivity index (χ1) is 14.6. The van der Waals surface area contributed by atoms with Crippen molar-refractivity contribution in [1.29, 1.82) is 5.41 Å². The third-order valence-corrected chi connectivity index (χ3v) is 4.84. The Morgan fingerprint density at radius 1 is 1.06 bits per heavy atom. The largest absolute Gasteiger partial charge is 0.354 e. The molecule has 1 aromatic carbocycles. The van der Waals surface area contributed by atoms with Crippen LogP contribution in [0.4, 0.5) is 0 Å². The van der Waals surface area contributed by atoms with E-state index < -0.39 is 23.0 Å². The van der Waals surface area contributed by atoms with Crippen molar-refractivity contribution in [2.45, 2.75) is 52.0 Å². The van der Waals surface area contributed by atoms with E-state index in [0.29, 0.717) is 30.3 Å². The average molecular weight is 455 g/mol. The molecule has 11 heteroatoms. The Hall–Kier alpha value is -2.88. The van der Waals surface area contributed by atoms with Gasteiger partial charge in [-0.3, -0.25) is 15.0 Å². The molecule has 10 nitrogen and oxygen atoms in total. The molecule has 0 bridgehead atoms. The van der Waals surface area contributed by atoms with Crippen LogP contribution in [0.3, 0.4) is 0 Å². The van der Waals surface area contributed by atoms with Crippen molar-refractivity contribution >= 4 is 29.4 Å². The van der Waals surface area contributed by atoms with Gasteiger partial charge in [0.15, 0.2) is 5.03 Å². The van der Waals surface area contributed by atoms with Crippen LogP contribution in [-0.2, 0) is 9.59 Å². The van der Waals surface area contributed by atoms with E-state index in [2.05, 4.69) is 29.8 Å². The molecule has 0 saturated carbocycles. The van der Waals surface area contributed by atoms with Crippen molar-refractivity contribution in [3.8, 4) is 0 Å². The number of carbonyl (C=O) groups excluding carboxylic acids is 2. The second-order valence-corrected chi connectivity index (χ2v) is 8.06. The van der Waals surface area contributed by atoms with Gasteiger partial charge in [0, 0.05) is 18.1 Å². The molecule has 0 heterocycles. The first-order valence-corrected chi connectivity index (χ1v) is 10.5. The molecule has 5 N–H and O–H groups in total. The van der Waals surface area contributed by atoms with Crippen LogP contribution in [-0.4, -0.2) is 41.9 Å². The molecule has 1 rings (SSSR count). The van der Waals surface area contributed by atoms with Gasteiger partial charge >= 0.3 is 0 Å². The molecule has 0 aliphatic carbocycles. The minimum Gasteiger partial charge on any atom is -0.354 e. The maximum absolute atomic E-state index is 12.7. The van der Waals surface area contributed by atoms with Crippen molar-refractivity contribution < 1.29 is 14.6 Å². The van der Waals surface area contributed by atoms with Crippen LogP contribution in [0.2, 0.25) is 5.02 Å². The van der Waals surface area contributed by atoms with Crippen LogP contribution < -0.4 is 21.4 Å². The van der Waals surface area contributed by atoms with Crippen LogP contribution in [0.15, 0.2) is 24.3 Å². The second-order valence-electron chi connectivity index (χ2n) is 7.62. The molecule has 0 spiro atoms. The predicted octanol–water partition coefficient (Wildman–Crippen LogP) is 2.18. The van der Waals surface area contributed by atoms with Crippen LogP contribution in [0.1, 0.15) is 51.5 Å². The lowest BCUT2D eigenvalue weighted by Gasteiger charge is -2.21. The zero-order chi connectivity index (χ0) is 23.4. The molecule has 1 aromatic rings. The summed E-state index contributed by atoms with van der Waals surface area (Å²) in [5.74, 6) is -1.05. The average Bonchev–Trinajstić information content (AvgIpc) is 2.69. The fourth-order valence-corrected chi connectivity index (χ4v) is 2.85. The lowest BCUT2D eigenvalue weighted by molar-refractivity contribution is -0.525. The summed E-state index contributed by atoms with van der Waals surface area (Å²) in [4.78, 5) is 35.7. The standard InChI is InChI=1S/C20H31ClN6O4/c1-13(2)10-12-23-19(29)17(5-4-11-24-20(22)26-27(30)31)25-18(28)14(3)15-6-8-16(21)9-7-15/h6-9,13-14,17H,4-5,10-12H2,1-3H3,(H,23,29)(H,25,28)(H3,22,24,26)/t14-,17-/m0/s1. The van der Waals surface area contributed by atoms with Crippen molar-refractivity contribution in [2.24, 2.45) is 5.92 Å². The highest BCUT2D eigenvalue weighted by Gasteiger charge is 2.24. The molecule has 0 aliphatic heterocycles. The van der Waals surface area contributed by atoms with Crippen molar-refractivity contribution in [3.05, 3.63) is 45.0 Å². The number of rotatable bonds is 12. The summed E-state index contributed by atoms with van der Waals surface area (Å²) in [6.07, 6.45) is 1.55. The minimum atomic E-state index is -0.835.